The first kappa shape index (κ1) is 6.93. The number of hydrogen-bond acceptors (Lipinski definition) is 2. The minimum absolute atomic E-state index is 0.583. The number of anilines is 2. The molecule has 0 aliphatic heterocycles. The fourth-order valence-corrected chi connectivity index (χ4v) is 0.730. The van der Waals surface area contributed by atoms with Gasteiger partial charge in [-0.1, -0.05) is 6.07 Å². The summed E-state index contributed by atoms with van der Waals surface area (Å²) in [6, 6.07) is 3.53. The Bertz CT molecular complexity index is 227. The molecule has 0 spiro atoms. The molecule has 10 heavy (non-hydrogen) atoms. The fraction of sp³-hybridized carbons (Fsp3) is 0. The first-order chi connectivity index (χ1) is 4.63. The summed E-state index contributed by atoms with van der Waals surface area (Å²) in [5, 5.41) is 0. The van der Waals surface area contributed by atoms with Crippen LogP contribution in [0.2, 0.25) is 0 Å². The van der Waals surface area contributed by atoms with Gasteiger partial charge in [0.25, 0.3) is 0 Å². The molecule has 2 radical (unpaired) electrons. The summed E-state index contributed by atoms with van der Waals surface area (Å²) >= 11 is 0. The monoisotopic (exact) mass is 134 g/mol. The van der Waals surface area contributed by atoms with Crippen LogP contribution in [0.4, 0.5) is 11.4 Å². The lowest BCUT2D eigenvalue weighted by molar-refractivity contribution is 1.53. The van der Waals surface area contributed by atoms with Crippen molar-refractivity contribution in [3.05, 3.63) is 37.1 Å². The first-order valence-electron chi connectivity index (χ1n) is 2.95. The third kappa shape index (κ3) is 0.923. The molecule has 0 aromatic heterocycles. The highest BCUT2D eigenvalue weighted by atomic mass is 14.6. The highest BCUT2D eigenvalue weighted by Crippen LogP contribution is 2.21. The molecule has 0 atom stereocenters. The summed E-state index contributed by atoms with van der Waals surface area (Å²) in [5.41, 5.74) is 13.7. The van der Waals surface area contributed by atoms with Gasteiger partial charge in [-0.15, -0.1) is 0 Å². The number of rotatable bonds is 0. The maximum atomic E-state index is 5.58. The molecule has 0 amide bonds. The van der Waals surface area contributed by atoms with Crippen molar-refractivity contribution in [1.29, 1.82) is 0 Å². The van der Waals surface area contributed by atoms with Crippen LogP contribution in [0.3, 0.4) is 0 Å². The van der Waals surface area contributed by atoms with Crippen molar-refractivity contribution >= 4 is 11.4 Å². The Hall–Kier alpha value is -1.18. The van der Waals surface area contributed by atoms with Crippen LogP contribution in [-0.2, 0) is 0 Å². The molecule has 0 fully saturated rings. The molecule has 0 aliphatic carbocycles. The summed E-state index contributed by atoms with van der Waals surface area (Å²) < 4.78 is 0. The van der Waals surface area contributed by atoms with E-state index in [4.69, 9.17) is 11.5 Å². The zero-order valence-corrected chi connectivity index (χ0v) is 5.72. The standard InChI is InChI=1S/C8H10N2/c1-5-3-4-7(9)6(2)8(5)10/h3-4H,1-2,9-10H2. The van der Waals surface area contributed by atoms with Gasteiger partial charge in [-0.2, -0.15) is 0 Å². The van der Waals surface area contributed by atoms with Crippen LogP contribution < -0.4 is 11.5 Å². The topological polar surface area (TPSA) is 52.0 Å². The molecule has 4 N–H and O–H groups in total. The number of benzene rings is 1. The van der Waals surface area contributed by atoms with E-state index in [0.29, 0.717) is 16.9 Å². The Morgan fingerprint density at radius 3 is 2.20 bits per heavy atom. The summed E-state index contributed by atoms with van der Waals surface area (Å²) in [7, 11) is 0. The van der Waals surface area contributed by atoms with Crippen LogP contribution >= 0.6 is 0 Å². The van der Waals surface area contributed by atoms with Gasteiger partial charge in [0, 0.05) is 11.4 Å². The van der Waals surface area contributed by atoms with Crippen molar-refractivity contribution in [2.24, 2.45) is 0 Å². The maximum absolute atomic E-state index is 5.58. The zero-order valence-electron chi connectivity index (χ0n) is 5.72. The van der Waals surface area contributed by atoms with Gasteiger partial charge in [-0.25, -0.2) is 0 Å². The van der Waals surface area contributed by atoms with Gasteiger partial charge in [0.05, 0.1) is 0 Å². The van der Waals surface area contributed by atoms with Gasteiger partial charge in [0.1, 0.15) is 0 Å². The van der Waals surface area contributed by atoms with Crippen molar-refractivity contribution in [3.8, 4) is 0 Å². The summed E-state index contributed by atoms with van der Waals surface area (Å²) in [6.07, 6.45) is 0. The van der Waals surface area contributed by atoms with Gasteiger partial charge in [0.15, 0.2) is 0 Å². The van der Waals surface area contributed by atoms with E-state index in [1.807, 2.05) is 0 Å². The lowest BCUT2D eigenvalue weighted by atomic mass is 10.1. The Morgan fingerprint density at radius 1 is 1.10 bits per heavy atom. The van der Waals surface area contributed by atoms with Crippen molar-refractivity contribution in [3.63, 3.8) is 0 Å². The highest BCUT2D eigenvalue weighted by Gasteiger charge is 1.99. The van der Waals surface area contributed by atoms with Gasteiger partial charge >= 0.3 is 0 Å². The Labute approximate surface area is 60.8 Å². The molecule has 2 nitrogen and oxygen atoms in total. The molecule has 1 rings (SSSR count). The molecule has 52 valence electrons. The Kier molecular flexibility index (Phi) is 1.53. The third-order valence-corrected chi connectivity index (χ3v) is 1.48. The fourth-order valence-electron chi connectivity index (χ4n) is 0.730. The van der Waals surface area contributed by atoms with Crippen LogP contribution in [0.1, 0.15) is 11.1 Å². The third-order valence-electron chi connectivity index (χ3n) is 1.48. The Balaban J connectivity index is 3.34. The molecular formula is C8H10N2. The molecule has 0 heterocycles. The second-order valence-corrected chi connectivity index (χ2v) is 2.21. The van der Waals surface area contributed by atoms with Crippen LogP contribution in [0.25, 0.3) is 0 Å². The van der Waals surface area contributed by atoms with Crippen molar-refractivity contribution < 1.29 is 0 Å². The van der Waals surface area contributed by atoms with E-state index in [2.05, 4.69) is 13.8 Å². The first-order valence-corrected chi connectivity index (χ1v) is 2.95. The summed E-state index contributed by atoms with van der Waals surface area (Å²) in [5.74, 6) is 0. The molecule has 2 heteroatoms. The van der Waals surface area contributed by atoms with Crippen molar-refractivity contribution in [2.45, 2.75) is 0 Å². The van der Waals surface area contributed by atoms with Crippen molar-refractivity contribution in [1.82, 2.24) is 0 Å². The molecule has 1 aromatic carbocycles. The SMILES string of the molecule is [CH2]c1ccc(N)c([CH2])c1N. The minimum atomic E-state index is 0.583. The largest absolute Gasteiger partial charge is 0.398 e. The van der Waals surface area contributed by atoms with E-state index in [9.17, 15) is 0 Å². The predicted octanol–water partition coefficient (Wildman–Crippen LogP) is 1.22. The van der Waals surface area contributed by atoms with Crippen LogP contribution in [0, 0.1) is 13.8 Å². The minimum Gasteiger partial charge on any atom is -0.398 e. The average Bonchev–Trinajstić information content (AvgIpc) is 1.93. The van der Waals surface area contributed by atoms with Gasteiger partial charge in [0.2, 0.25) is 0 Å². The number of hydrogen-bond donors (Lipinski definition) is 2. The van der Waals surface area contributed by atoms with Crippen LogP contribution in [-0.4, -0.2) is 0 Å². The zero-order chi connectivity index (χ0) is 7.72. The number of nitrogen functional groups attached to an aromatic ring is 2. The lowest BCUT2D eigenvalue weighted by Crippen LogP contribution is -1.97. The molecule has 0 aliphatic rings. The molecular weight excluding hydrogens is 124 g/mol. The number of nitrogens with two attached hydrogens (primary N) is 2. The summed E-state index contributed by atoms with van der Waals surface area (Å²) in [6.45, 7) is 7.39. The molecule has 0 bridgehead atoms. The van der Waals surface area contributed by atoms with E-state index < -0.39 is 0 Å². The van der Waals surface area contributed by atoms with Crippen LogP contribution in [0.5, 0.6) is 0 Å². The average molecular weight is 134 g/mol. The highest BCUT2D eigenvalue weighted by molar-refractivity contribution is 5.67. The maximum Gasteiger partial charge on any atom is 0.0400 e. The second-order valence-electron chi connectivity index (χ2n) is 2.21. The molecule has 0 unspecified atom stereocenters. The summed E-state index contributed by atoms with van der Waals surface area (Å²) in [4.78, 5) is 0. The van der Waals surface area contributed by atoms with Crippen LogP contribution in [0.15, 0.2) is 12.1 Å². The normalized spacial score (nSPS) is 9.80. The van der Waals surface area contributed by atoms with Crippen molar-refractivity contribution in [2.75, 3.05) is 11.5 Å². The van der Waals surface area contributed by atoms with E-state index in [0.717, 1.165) is 5.56 Å². The van der Waals surface area contributed by atoms with Gasteiger partial charge in [-0.05, 0) is 31.0 Å². The second kappa shape index (κ2) is 2.21. The molecule has 0 saturated carbocycles. The lowest BCUT2D eigenvalue weighted by Gasteiger charge is -2.05. The van der Waals surface area contributed by atoms with E-state index in [1.165, 1.54) is 0 Å². The smallest absolute Gasteiger partial charge is 0.0400 e. The quantitative estimate of drug-likeness (QED) is 0.524. The Morgan fingerprint density at radius 2 is 1.70 bits per heavy atom. The molecule has 0 saturated heterocycles. The van der Waals surface area contributed by atoms with E-state index in [1.54, 1.807) is 12.1 Å². The van der Waals surface area contributed by atoms with Gasteiger partial charge in [-0.3, -0.25) is 0 Å². The van der Waals surface area contributed by atoms with E-state index >= 15 is 0 Å². The molecule has 1 aromatic rings. The van der Waals surface area contributed by atoms with Gasteiger partial charge < -0.3 is 11.5 Å². The van der Waals surface area contributed by atoms with E-state index in [-0.39, 0.29) is 0 Å². The predicted molar refractivity (Wildman–Crippen MR) is 44.2 cm³/mol.